The predicted molar refractivity (Wildman–Crippen MR) is 99.7 cm³/mol. The molecule has 0 aliphatic carbocycles. The molecule has 3 aromatic rings. The van der Waals surface area contributed by atoms with Gasteiger partial charge >= 0.3 is 0 Å². The van der Waals surface area contributed by atoms with Crippen LogP contribution >= 0.6 is 15.9 Å². The van der Waals surface area contributed by atoms with Gasteiger partial charge in [0.2, 0.25) is 0 Å². The molecular weight excluding hydrogens is 364 g/mol. The lowest BCUT2D eigenvalue weighted by Crippen LogP contribution is -2.12. The van der Waals surface area contributed by atoms with Crippen LogP contribution in [0, 0.1) is 11.3 Å². The number of nitrogens with one attached hydrogen (secondary N) is 1. The van der Waals surface area contributed by atoms with Crippen LogP contribution in [-0.4, -0.2) is 4.98 Å². The maximum Gasteiger partial charge on any atom is 0.266 e. The van der Waals surface area contributed by atoms with E-state index in [2.05, 4.69) is 27.8 Å². The molecule has 0 saturated heterocycles. The van der Waals surface area contributed by atoms with Crippen LogP contribution in [-0.2, 0) is 6.42 Å². The fourth-order valence-corrected chi connectivity index (χ4v) is 3.03. The zero-order chi connectivity index (χ0) is 17.1. The molecule has 0 bridgehead atoms. The summed E-state index contributed by atoms with van der Waals surface area (Å²) < 4.78 is 0.901. The number of H-pyrrole nitrogens is 1. The van der Waals surface area contributed by atoms with E-state index in [1.54, 1.807) is 0 Å². The lowest BCUT2D eigenvalue weighted by molar-refractivity contribution is 1.14. The van der Waals surface area contributed by atoms with Gasteiger partial charge in [0.25, 0.3) is 5.56 Å². The Morgan fingerprint density at radius 2 is 1.83 bits per heavy atom. The molecule has 0 aliphatic heterocycles. The summed E-state index contributed by atoms with van der Waals surface area (Å²) in [5.41, 5.74) is 4.09. The summed E-state index contributed by atoms with van der Waals surface area (Å²) in [6, 6.07) is 19.5. The average Bonchev–Trinajstić information content (AvgIpc) is 2.61. The van der Waals surface area contributed by atoms with Crippen molar-refractivity contribution in [3.63, 3.8) is 0 Å². The highest BCUT2D eigenvalue weighted by Gasteiger charge is 2.12. The third kappa shape index (κ3) is 3.17. The Morgan fingerprint density at radius 3 is 2.46 bits per heavy atom. The second-order valence-electron chi connectivity index (χ2n) is 5.47. The fourth-order valence-electron chi connectivity index (χ4n) is 2.63. The fraction of sp³-hybridized carbons (Fsp3) is 0.100. The molecular formula is C20H15BrN2O. The van der Waals surface area contributed by atoms with Gasteiger partial charge in [-0.05, 0) is 41.3 Å². The van der Waals surface area contributed by atoms with Crippen molar-refractivity contribution in [3.05, 3.63) is 80.6 Å². The maximum atomic E-state index is 12.4. The Labute approximate surface area is 148 Å². The minimum Gasteiger partial charge on any atom is -0.321 e. The van der Waals surface area contributed by atoms with Gasteiger partial charge < -0.3 is 4.98 Å². The Kier molecular flexibility index (Phi) is 4.64. The zero-order valence-corrected chi connectivity index (χ0v) is 14.7. The highest BCUT2D eigenvalue weighted by Crippen LogP contribution is 2.28. The molecule has 4 heteroatoms. The molecule has 0 radical (unpaired) electrons. The number of hydrogen-bond acceptors (Lipinski definition) is 2. The van der Waals surface area contributed by atoms with E-state index in [0.29, 0.717) is 11.3 Å². The normalized spacial score (nSPS) is 10.4. The van der Waals surface area contributed by atoms with Gasteiger partial charge in [-0.15, -0.1) is 0 Å². The molecule has 0 amide bonds. The molecule has 3 rings (SSSR count). The Morgan fingerprint density at radius 1 is 1.08 bits per heavy atom. The number of rotatable bonds is 3. The minimum absolute atomic E-state index is 0.127. The third-order valence-corrected chi connectivity index (χ3v) is 4.45. The van der Waals surface area contributed by atoms with Crippen molar-refractivity contribution in [1.29, 1.82) is 5.26 Å². The Balaban J connectivity index is 2.20. The molecule has 118 valence electrons. The molecule has 3 nitrogen and oxygen atoms in total. The first kappa shape index (κ1) is 16.2. The maximum absolute atomic E-state index is 12.4. The van der Waals surface area contributed by atoms with E-state index >= 15 is 0 Å². The van der Waals surface area contributed by atoms with Crippen LogP contribution in [0.2, 0.25) is 0 Å². The largest absolute Gasteiger partial charge is 0.321 e. The lowest BCUT2D eigenvalue weighted by atomic mass is 9.98. The molecule has 0 aliphatic rings. The summed E-state index contributed by atoms with van der Waals surface area (Å²) in [5, 5.41) is 9.38. The van der Waals surface area contributed by atoms with Gasteiger partial charge in [0.05, 0.1) is 0 Å². The summed E-state index contributed by atoms with van der Waals surface area (Å²) in [6.07, 6.45) is 0.966. The van der Waals surface area contributed by atoms with Crippen LogP contribution in [0.5, 0.6) is 0 Å². The molecule has 1 aromatic heterocycles. The number of benzene rings is 2. The molecule has 0 spiro atoms. The second-order valence-corrected chi connectivity index (χ2v) is 6.39. The van der Waals surface area contributed by atoms with E-state index in [9.17, 15) is 10.1 Å². The standard InChI is InChI=1S/C20H15BrN2O/c1-2-13-6-8-14(9-7-13)19-11-17(18(12-22)20(24)23-19)15-4-3-5-16(21)10-15/h3-11H,2H2,1H3,(H,23,24). The monoisotopic (exact) mass is 378 g/mol. The molecule has 0 unspecified atom stereocenters. The number of aromatic amines is 1. The summed E-state index contributed by atoms with van der Waals surface area (Å²) in [7, 11) is 0. The second kappa shape index (κ2) is 6.86. The van der Waals surface area contributed by atoms with E-state index in [0.717, 1.165) is 22.0 Å². The van der Waals surface area contributed by atoms with Crippen LogP contribution < -0.4 is 5.56 Å². The third-order valence-electron chi connectivity index (χ3n) is 3.95. The van der Waals surface area contributed by atoms with Gasteiger partial charge in [0.15, 0.2) is 0 Å². The van der Waals surface area contributed by atoms with Crippen molar-refractivity contribution in [3.8, 4) is 28.5 Å². The zero-order valence-electron chi connectivity index (χ0n) is 13.1. The molecule has 0 fully saturated rings. The summed E-state index contributed by atoms with van der Waals surface area (Å²) in [4.78, 5) is 15.2. The van der Waals surface area contributed by atoms with Gasteiger partial charge in [-0.3, -0.25) is 4.79 Å². The van der Waals surface area contributed by atoms with Crippen molar-refractivity contribution in [2.24, 2.45) is 0 Å². The summed E-state index contributed by atoms with van der Waals surface area (Å²) in [5.74, 6) is 0. The molecule has 1 N–H and O–H groups in total. The van der Waals surface area contributed by atoms with E-state index in [1.165, 1.54) is 5.56 Å². The SMILES string of the molecule is CCc1ccc(-c2cc(-c3cccc(Br)c3)c(C#N)c(=O)[nH]2)cc1. The predicted octanol–water partition coefficient (Wildman–Crippen LogP) is 4.91. The number of aryl methyl sites for hydroxylation is 1. The molecule has 1 heterocycles. The van der Waals surface area contributed by atoms with Gasteiger partial charge in [-0.1, -0.05) is 59.3 Å². The van der Waals surface area contributed by atoms with Crippen molar-refractivity contribution in [2.75, 3.05) is 0 Å². The van der Waals surface area contributed by atoms with Crippen LogP contribution in [0.15, 0.2) is 63.9 Å². The number of pyridine rings is 1. The number of halogens is 1. The Bertz CT molecular complexity index is 982. The van der Waals surface area contributed by atoms with E-state index in [1.807, 2.05) is 60.7 Å². The lowest BCUT2D eigenvalue weighted by Gasteiger charge is -2.09. The van der Waals surface area contributed by atoms with Gasteiger partial charge in [0, 0.05) is 15.7 Å². The number of nitrogens with zero attached hydrogens (tertiary/aromatic N) is 1. The minimum atomic E-state index is -0.371. The summed E-state index contributed by atoms with van der Waals surface area (Å²) >= 11 is 3.43. The van der Waals surface area contributed by atoms with Crippen LogP contribution in [0.25, 0.3) is 22.4 Å². The number of aromatic nitrogens is 1. The molecule has 0 atom stereocenters. The first-order valence-corrected chi connectivity index (χ1v) is 8.44. The van der Waals surface area contributed by atoms with Crippen molar-refractivity contribution in [2.45, 2.75) is 13.3 Å². The van der Waals surface area contributed by atoms with E-state index in [4.69, 9.17) is 0 Å². The molecule has 2 aromatic carbocycles. The van der Waals surface area contributed by atoms with Crippen LogP contribution in [0.1, 0.15) is 18.1 Å². The summed E-state index contributed by atoms with van der Waals surface area (Å²) in [6.45, 7) is 2.10. The quantitative estimate of drug-likeness (QED) is 0.703. The van der Waals surface area contributed by atoms with E-state index < -0.39 is 0 Å². The Hall–Kier alpha value is -2.64. The highest BCUT2D eigenvalue weighted by molar-refractivity contribution is 9.10. The smallest absolute Gasteiger partial charge is 0.266 e. The van der Waals surface area contributed by atoms with Gasteiger partial charge in [-0.2, -0.15) is 5.26 Å². The average molecular weight is 379 g/mol. The van der Waals surface area contributed by atoms with E-state index in [-0.39, 0.29) is 11.1 Å². The first-order chi connectivity index (χ1) is 11.6. The first-order valence-electron chi connectivity index (χ1n) is 7.65. The van der Waals surface area contributed by atoms with Crippen LogP contribution in [0.4, 0.5) is 0 Å². The number of nitriles is 1. The molecule has 0 saturated carbocycles. The molecule has 24 heavy (non-hydrogen) atoms. The van der Waals surface area contributed by atoms with Gasteiger partial charge in [-0.25, -0.2) is 0 Å². The van der Waals surface area contributed by atoms with Crippen molar-refractivity contribution >= 4 is 15.9 Å². The number of hydrogen-bond donors (Lipinski definition) is 1. The van der Waals surface area contributed by atoms with Crippen molar-refractivity contribution in [1.82, 2.24) is 4.98 Å². The van der Waals surface area contributed by atoms with Crippen LogP contribution in [0.3, 0.4) is 0 Å². The topological polar surface area (TPSA) is 56.6 Å². The van der Waals surface area contributed by atoms with Gasteiger partial charge in [0.1, 0.15) is 11.6 Å². The van der Waals surface area contributed by atoms with Crippen molar-refractivity contribution < 1.29 is 0 Å². The highest BCUT2D eigenvalue weighted by atomic mass is 79.9.